The van der Waals surface area contributed by atoms with Gasteiger partial charge in [-0.05, 0) is 62.5 Å². The van der Waals surface area contributed by atoms with Gasteiger partial charge in [0.15, 0.2) is 0 Å². The Labute approximate surface area is 141 Å². The fourth-order valence-electron chi connectivity index (χ4n) is 1.71. The molecule has 0 aliphatic heterocycles. The third-order valence-electron chi connectivity index (χ3n) is 2.74. The molecule has 0 bridgehead atoms. The summed E-state index contributed by atoms with van der Waals surface area (Å²) in [6.45, 7) is 1.99. The number of methoxy groups -OCH3 is 1. The molecule has 1 unspecified atom stereocenters. The Bertz CT molecular complexity index is 591. The quantitative estimate of drug-likeness (QED) is 0.647. The summed E-state index contributed by atoms with van der Waals surface area (Å²) < 4.78 is 8.22. The molecule has 102 valence electrons. The molecule has 0 aliphatic carbocycles. The van der Waals surface area contributed by atoms with E-state index >= 15 is 0 Å². The Balaban J connectivity index is 2.48. The maximum atomic E-state index is 10.5. The molecule has 0 aliphatic rings. The minimum Gasteiger partial charge on any atom is -0.496 e. The van der Waals surface area contributed by atoms with Gasteiger partial charge < -0.3 is 9.84 Å². The van der Waals surface area contributed by atoms with Crippen LogP contribution in [0.3, 0.4) is 0 Å². The van der Waals surface area contributed by atoms with Gasteiger partial charge in [0, 0.05) is 19.4 Å². The summed E-state index contributed by atoms with van der Waals surface area (Å²) in [5, 5.41) is 10.5. The van der Waals surface area contributed by atoms with Gasteiger partial charge in [0.1, 0.15) is 11.9 Å². The van der Waals surface area contributed by atoms with Crippen molar-refractivity contribution in [3.8, 4) is 5.75 Å². The molecule has 1 aromatic heterocycles. The number of aliphatic hydroxyl groups is 1. The van der Waals surface area contributed by atoms with Gasteiger partial charge in [-0.2, -0.15) is 0 Å². The summed E-state index contributed by atoms with van der Waals surface area (Å²) in [7, 11) is 1.61. The van der Waals surface area contributed by atoms with E-state index in [0.29, 0.717) is 5.75 Å². The molecule has 0 amide bonds. The van der Waals surface area contributed by atoms with Crippen LogP contribution in [-0.4, -0.2) is 12.2 Å². The molecule has 0 radical (unpaired) electrons. The van der Waals surface area contributed by atoms with Crippen LogP contribution in [0.5, 0.6) is 5.75 Å². The summed E-state index contributed by atoms with van der Waals surface area (Å²) in [4.78, 5) is 0.854. The first kappa shape index (κ1) is 15.5. The maximum absolute atomic E-state index is 10.5. The molecule has 1 N–H and O–H groups in total. The predicted molar refractivity (Wildman–Crippen MR) is 89.2 cm³/mol. The second kappa shape index (κ2) is 6.26. The highest BCUT2D eigenvalue weighted by atomic mass is 79.9. The van der Waals surface area contributed by atoms with Crippen molar-refractivity contribution in [2.45, 2.75) is 13.0 Å². The van der Waals surface area contributed by atoms with Gasteiger partial charge in [-0.1, -0.05) is 15.9 Å². The number of aliphatic hydroxyl groups excluding tert-OH is 1. The molecule has 1 atom stereocenters. The molecule has 2 aromatic rings. The molecule has 0 saturated heterocycles. The molecule has 2 rings (SSSR count). The average molecular weight is 471 g/mol. The van der Waals surface area contributed by atoms with Crippen LogP contribution in [0.2, 0.25) is 0 Å². The summed E-state index contributed by atoms with van der Waals surface area (Å²) in [6, 6.07) is 5.73. The smallest absolute Gasteiger partial charge is 0.125 e. The second-order valence-electron chi connectivity index (χ2n) is 4.02. The van der Waals surface area contributed by atoms with E-state index in [9.17, 15) is 5.11 Å². The van der Waals surface area contributed by atoms with Gasteiger partial charge in [0.2, 0.25) is 0 Å². The Kier molecular flexibility index (Phi) is 5.11. The third kappa shape index (κ3) is 3.24. The zero-order chi connectivity index (χ0) is 14.2. The van der Waals surface area contributed by atoms with Crippen molar-refractivity contribution in [3.63, 3.8) is 0 Å². The molecule has 19 heavy (non-hydrogen) atoms. The highest BCUT2D eigenvalue weighted by molar-refractivity contribution is 9.13. The highest BCUT2D eigenvalue weighted by Crippen LogP contribution is 2.40. The number of benzene rings is 1. The largest absolute Gasteiger partial charge is 0.496 e. The lowest BCUT2D eigenvalue weighted by atomic mass is 10.0. The Hall–Kier alpha value is 0.120. The van der Waals surface area contributed by atoms with Crippen molar-refractivity contribution in [2.24, 2.45) is 0 Å². The van der Waals surface area contributed by atoms with Crippen molar-refractivity contribution >= 4 is 59.1 Å². The number of hydrogen-bond acceptors (Lipinski definition) is 3. The standard InChI is InChI=1S/C13H11Br3O2S/c1-6-3-10(18-2)7(4-8(6)14)12(17)11-5-9(15)13(16)19-11/h3-5,12,17H,1-2H3. The lowest BCUT2D eigenvalue weighted by molar-refractivity contribution is 0.218. The normalized spacial score (nSPS) is 12.5. The first-order valence-electron chi connectivity index (χ1n) is 5.41. The van der Waals surface area contributed by atoms with Crippen LogP contribution < -0.4 is 4.74 Å². The van der Waals surface area contributed by atoms with Crippen molar-refractivity contribution in [1.29, 1.82) is 0 Å². The van der Waals surface area contributed by atoms with Crippen molar-refractivity contribution in [2.75, 3.05) is 7.11 Å². The lowest BCUT2D eigenvalue weighted by Gasteiger charge is -2.15. The van der Waals surface area contributed by atoms with Crippen LogP contribution in [0.4, 0.5) is 0 Å². The lowest BCUT2D eigenvalue weighted by Crippen LogP contribution is -2.01. The van der Waals surface area contributed by atoms with Gasteiger partial charge in [-0.3, -0.25) is 0 Å². The minimum atomic E-state index is -0.709. The molecule has 1 aromatic carbocycles. The molecule has 6 heteroatoms. The SMILES string of the molecule is COc1cc(C)c(Br)cc1C(O)c1cc(Br)c(Br)s1. The Morgan fingerprint density at radius 3 is 2.37 bits per heavy atom. The number of hydrogen-bond donors (Lipinski definition) is 1. The number of halogens is 3. The number of ether oxygens (including phenoxy) is 1. The molecule has 0 spiro atoms. The van der Waals surface area contributed by atoms with Gasteiger partial charge >= 0.3 is 0 Å². The van der Waals surface area contributed by atoms with Crippen molar-refractivity contribution in [1.82, 2.24) is 0 Å². The van der Waals surface area contributed by atoms with Crippen LogP contribution >= 0.6 is 59.1 Å². The van der Waals surface area contributed by atoms with Gasteiger partial charge in [0.25, 0.3) is 0 Å². The highest BCUT2D eigenvalue weighted by Gasteiger charge is 2.20. The van der Waals surface area contributed by atoms with E-state index in [1.165, 1.54) is 11.3 Å². The van der Waals surface area contributed by atoms with Crippen LogP contribution in [0.15, 0.2) is 30.9 Å². The zero-order valence-corrected chi connectivity index (χ0v) is 15.8. The third-order valence-corrected chi connectivity index (χ3v) is 6.90. The molecular formula is C13H11Br3O2S. The van der Waals surface area contributed by atoms with Gasteiger partial charge in [-0.15, -0.1) is 11.3 Å². The van der Waals surface area contributed by atoms with Crippen LogP contribution in [0.25, 0.3) is 0 Å². The van der Waals surface area contributed by atoms with E-state index in [1.54, 1.807) is 7.11 Å². The van der Waals surface area contributed by atoms with E-state index in [1.807, 2.05) is 25.1 Å². The molecule has 0 saturated carbocycles. The van der Waals surface area contributed by atoms with E-state index in [-0.39, 0.29) is 0 Å². The summed E-state index contributed by atoms with van der Waals surface area (Å²) >= 11 is 11.9. The average Bonchev–Trinajstić information content (AvgIpc) is 2.71. The van der Waals surface area contributed by atoms with Crippen LogP contribution in [0, 0.1) is 6.92 Å². The van der Waals surface area contributed by atoms with E-state index in [4.69, 9.17) is 4.74 Å². The zero-order valence-electron chi connectivity index (χ0n) is 10.2. The summed E-state index contributed by atoms with van der Waals surface area (Å²) in [6.07, 6.45) is -0.709. The van der Waals surface area contributed by atoms with Crippen molar-refractivity contribution < 1.29 is 9.84 Å². The van der Waals surface area contributed by atoms with Gasteiger partial charge in [-0.25, -0.2) is 0 Å². The number of thiophene rings is 1. The van der Waals surface area contributed by atoms with Crippen molar-refractivity contribution in [3.05, 3.63) is 46.9 Å². The first-order chi connectivity index (χ1) is 8.93. The topological polar surface area (TPSA) is 29.5 Å². The molecule has 0 fully saturated rings. The number of aryl methyl sites for hydroxylation is 1. The predicted octanol–water partition coefficient (Wildman–Crippen LogP) is 5.43. The van der Waals surface area contributed by atoms with E-state index in [2.05, 4.69) is 47.8 Å². The van der Waals surface area contributed by atoms with E-state index in [0.717, 1.165) is 28.7 Å². The Morgan fingerprint density at radius 1 is 1.16 bits per heavy atom. The second-order valence-corrected chi connectivity index (χ2v) is 8.13. The molecule has 2 nitrogen and oxygen atoms in total. The van der Waals surface area contributed by atoms with Gasteiger partial charge in [0.05, 0.1) is 10.9 Å². The fraction of sp³-hybridized carbons (Fsp3) is 0.231. The Morgan fingerprint density at radius 2 is 1.84 bits per heavy atom. The van der Waals surface area contributed by atoms with E-state index < -0.39 is 6.10 Å². The molecule has 1 heterocycles. The fourth-order valence-corrected chi connectivity index (χ4v) is 4.17. The molecular weight excluding hydrogens is 460 g/mol. The summed E-state index contributed by atoms with van der Waals surface area (Å²) in [5.74, 6) is 0.689. The minimum absolute atomic E-state index is 0.689. The summed E-state index contributed by atoms with van der Waals surface area (Å²) in [5.41, 5.74) is 1.82. The van der Waals surface area contributed by atoms with Crippen LogP contribution in [-0.2, 0) is 0 Å². The monoisotopic (exact) mass is 468 g/mol. The maximum Gasteiger partial charge on any atom is 0.125 e. The number of rotatable bonds is 3. The first-order valence-corrected chi connectivity index (χ1v) is 8.60. The van der Waals surface area contributed by atoms with Crippen LogP contribution in [0.1, 0.15) is 22.1 Å².